The largest absolute Gasteiger partial charge is 0.469 e. The lowest BCUT2D eigenvalue weighted by Gasteiger charge is -2.35. The zero-order chi connectivity index (χ0) is 14.5. The predicted octanol–water partition coefficient (Wildman–Crippen LogP) is 2.40. The predicted molar refractivity (Wildman–Crippen MR) is 77.2 cm³/mol. The van der Waals surface area contributed by atoms with Gasteiger partial charge in [-0.05, 0) is 47.3 Å². The van der Waals surface area contributed by atoms with Gasteiger partial charge in [-0.25, -0.2) is 4.98 Å². The number of nitrogens with zero attached hydrogens (tertiary/aromatic N) is 2. The monoisotopic (exact) mass is 340 g/mol. The number of rotatable bonds is 3. The lowest BCUT2D eigenvalue weighted by Crippen LogP contribution is -2.45. The van der Waals surface area contributed by atoms with E-state index in [-0.39, 0.29) is 24.3 Å². The molecule has 1 unspecified atom stereocenters. The van der Waals surface area contributed by atoms with Gasteiger partial charge in [0, 0.05) is 23.3 Å². The van der Waals surface area contributed by atoms with Crippen molar-refractivity contribution in [2.45, 2.75) is 31.7 Å². The maximum atomic E-state index is 12.6. The smallest absolute Gasteiger partial charge is 0.307 e. The Morgan fingerprint density at radius 3 is 3.00 bits per heavy atom. The van der Waals surface area contributed by atoms with Gasteiger partial charge < -0.3 is 9.64 Å². The molecule has 0 saturated carbocycles. The van der Waals surface area contributed by atoms with Crippen molar-refractivity contribution in [1.82, 2.24) is 9.88 Å². The molecule has 1 atom stereocenters. The van der Waals surface area contributed by atoms with E-state index in [9.17, 15) is 9.59 Å². The number of carbonyl (C=O) groups is 2. The molecule has 2 heterocycles. The van der Waals surface area contributed by atoms with Crippen molar-refractivity contribution in [2.75, 3.05) is 13.7 Å². The summed E-state index contributed by atoms with van der Waals surface area (Å²) >= 11 is 3.35. The van der Waals surface area contributed by atoms with Crippen molar-refractivity contribution in [1.29, 1.82) is 0 Å². The Hall–Kier alpha value is -1.43. The molecule has 5 nitrogen and oxygen atoms in total. The zero-order valence-electron chi connectivity index (χ0n) is 11.3. The number of pyridine rings is 1. The van der Waals surface area contributed by atoms with E-state index in [2.05, 4.69) is 20.9 Å². The highest BCUT2D eigenvalue weighted by Crippen LogP contribution is 2.24. The third-order valence-electron chi connectivity index (χ3n) is 3.48. The molecule has 0 radical (unpaired) electrons. The number of hydrogen-bond acceptors (Lipinski definition) is 4. The van der Waals surface area contributed by atoms with Crippen LogP contribution in [0.4, 0.5) is 0 Å². The van der Waals surface area contributed by atoms with Gasteiger partial charge in [-0.15, -0.1) is 0 Å². The Balaban J connectivity index is 2.17. The first-order chi connectivity index (χ1) is 9.63. The van der Waals surface area contributed by atoms with Crippen LogP contribution in [0.1, 0.15) is 36.2 Å². The summed E-state index contributed by atoms with van der Waals surface area (Å²) in [5, 5.41) is 0. The molecule has 1 aromatic rings. The summed E-state index contributed by atoms with van der Waals surface area (Å²) in [6.45, 7) is 0.656. The number of amides is 1. The van der Waals surface area contributed by atoms with Crippen molar-refractivity contribution >= 4 is 27.8 Å². The normalized spacial score (nSPS) is 18.7. The summed E-state index contributed by atoms with van der Waals surface area (Å²) in [6.07, 6.45) is 4.64. The Kier molecular flexibility index (Phi) is 5.11. The number of aromatic nitrogens is 1. The summed E-state index contributed by atoms with van der Waals surface area (Å²) in [4.78, 5) is 29.9. The molecule has 2 rings (SSSR count). The minimum Gasteiger partial charge on any atom is -0.469 e. The molecule has 0 bridgehead atoms. The minimum atomic E-state index is -0.283. The van der Waals surface area contributed by atoms with E-state index in [1.807, 2.05) is 0 Å². The van der Waals surface area contributed by atoms with Crippen LogP contribution in [0.5, 0.6) is 0 Å². The van der Waals surface area contributed by atoms with E-state index in [4.69, 9.17) is 4.74 Å². The van der Waals surface area contributed by atoms with Gasteiger partial charge in [0.1, 0.15) is 5.69 Å². The van der Waals surface area contributed by atoms with Crippen LogP contribution in [0.25, 0.3) is 0 Å². The van der Waals surface area contributed by atoms with Crippen molar-refractivity contribution in [3.8, 4) is 0 Å². The van der Waals surface area contributed by atoms with Crippen molar-refractivity contribution in [2.24, 2.45) is 0 Å². The second-order valence-electron chi connectivity index (χ2n) is 4.76. The zero-order valence-corrected chi connectivity index (χ0v) is 12.9. The SMILES string of the molecule is COC(=O)CC1CCCCN1C(=O)c1ncccc1Br. The summed E-state index contributed by atoms with van der Waals surface area (Å²) in [7, 11) is 1.37. The second-order valence-corrected chi connectivity index (χ2v) is 5.62. The van der Waals surface area contributed by atoms with Crippen molar-refractivity contribution in [3.05, 3.63) is 28.5 Å². The first kappa shape index (κ1) is 15.0. The van der Waals surface area contributed by atoms with Crippen LogP contribution >= 0.6 is 15.9 Å². The molecule has 0 N–H and O–H groups in total. The third kappa shape index (κ3) is 3.36. The number of ether oxygens (including phenoxy) is 1. The maximum Gasteiger partial charge on any atom is 0.307 e. The lowest BCUT2D eigenvalue weighted by molar-refractivity contribution is -0.142. The average Bonchev–Trinajstić information content (AvgIpc) is 2.47. The van der Waals surface area contributed by atoms with Crippen molar-refractivity contribution < 1.29 is 14.3 Å². The van der Waals surface area contributed by atoms with E-state index in [1.54, 1.807) is 23.2 Å². The van der Waals surface area contributed by atoms with Gasteiger partial charge in [0.05, 0.1) is 13.5 Å². The third-order valence-corrected chi connectivity index (χ3v) is 4.12. The number of piperidine rings is 1. The molecule has 108 valence electrons. The van der Waals surface area contributed by atoms with Crippen LogP contribution in [0, 0.1) is 0 Å². The Morgan fingerprint density at radius 1 is 1.50 bits per heavy atom. The lowest BCUT2D eigenvalue weighted by atomic mass is 9.99. The first-order valence-electron chi connectivity index (χ1n) is 6.61. The Morgan fingerprint density at radius 2 is 2.30 bits per heavy atom. The first-order valence-corrected chi connectivity index (χ1v) is 7.41. The van der Waals surface area contributed by atoms with Crippen molar-refractivity contribution in [3.63, 3.8) is 0 Å². The van der Waals surface area contributed by atoms with Crippen LogP contribution < -0.4 is 0 Å². The number of hydrogen-bond donors (Lipinski definition) is 0. The Bertz CT molecular complexity index is 507. The van der Waals surface area contributed by atoms with Gasteiger partial charge >= 0.3 is 5.97 Å². The van der Waals surface area contributed by atoms with Gasteiger partial charge in [-0.3, -0.25) is 9.59 Å². The number of methoxy groups -OCH3 is 1. The molecule has 1 fully saturated rings. The summed E-state index contributed by atoms with van der Waals surface area (Å²) < 4.78 is 5.38. The van der Waals surface area contributed by atoms with E-state index < -0.39 is 0 Å². The van der Waals surface area contributed by atoms with Gasteiger partial charge in [0.25, 0.3) is 5.91 Å². The second kappa shape index (κ2) is 6.83. The molecule has 0 aromatic carbocycles. The van der Waals surface area contributed by atoms with Gasteiger partial charge in [0.2, 0.25) is 0 Å². The van der Waals surface area contributed by atoms with Crippen LogP contribution in [-0.2, 0) is 9.53 Å². The number of likely N-dealkylation sites (tertiary alicyclic amines) is 1. The van der Waals surface area contributed by atoms with Crippen LogP contribution in [0.3, 0.4) is 0 Å². The Labute approximate surface area is 126 Å². The molecular weight excluding hydrogens is 324 g/mol. The van der Waals surface area contributed by atoms with E-state index in [1.165, 1.54) is 7.11 Å². The molecular formula is C14H17BrN2O3. The number of carbonyl (C=O) groups excluding carboxylic acids is 2. The molecule has 1 aromatic heterocycles. The van der Waals surface area contributed by atoms with Gasteiger partial charge in [0.15, 0.2) is 0 Å². The van der Waals surface area contributed by atoms with Crippen LogP contribution in [-0.4, -0.2) is 41.5 Å². The summed E-state index contributed by atoms with van der Waals surface area (Å²) in [5.74, 6) is -0.416. The summed E-state index contributed by atoms with van der Waals surface area (Å²) in [6, 6.07) is 3.46. The van der Waals surface area contributed by atoms with E-state index in [0.29, 0.717) is 16.7 Å². The highest BCUT2D eigenvalue weighted by atomic mass is 79.9. The topological polar surface area (TPSA) is 59.5 Å². The average molecular weight is 341 g/mol. The molecule has 1 aliphatic heterocycles. The van der Waals surface area contributed by atoms with Gasteiger partial charge in [-0.2, -0.15) is 0 Å². The van der Waals surface area contributed by atoms with Crippen LogP contribution in [0.2, 0.25) is 0 Å². The minimum absolute atomic E-state index is 0.0994. The van der Waals surface area contributed by atoms with Gasteiger partial charge in [-0.1, -0.05) is 0 Å². The number of esters is 1. The molecule has 1 saturated heterocycles. The highest BCUT2D eigenvalue weighted by molar-refractivity contribution is 9.10. The fourth-order valence-corrected chi connectivity index (χ4v) is 2.86. The molecule has 6 heteroatoms. The fourth-order valence-electron chi connectivity index (χ4n) is 2.43. The maximum absolute atomic E-state index is 12.6. The standard InChI is InChI=1S/C14H17BrN2O3/c1-20-12(18)9-10-5-2-3-8-17(10)14(19)13-11(15)6-4-7-16-13/h4,6-7,10H,2-3,5,8-9H2,1H3. The molecule has 0 aliphatic carbocycles. The van der Waals surface area contributed by atoms with Crippen LogP contribution in [0.15, 0.2) is 22.8 Å². The number of halogens is 1. The molecule has 1 amide bonds. The quantitative estimate of drug-likeness (QED) is 0.792. The fraction of sp³-hybridized carbons (Fsp3) is 0.500. The highest BCUT2D eigenvalue weighted by Gasteiger charge is 2.30. The van der Waals surface area contributed by atoms with E-state index in [0.717, 1.165) is 19.3 Å². The molecule has 0 spiro atoms. The molecule has 20 heavy (non-hydrogen) atoms. The summed E-state index contributed by atoms with van der Waals surface area (Å²) in [5.41, 5.74) is 0.393. The van der Waals surface area contributed by atoms with E-state index >= 15 is 0 Å². The molecule has 1 aliphatic rings.